The number of fused-ring (bicyclic) bond motifs is 5. The van der Waals surface area contributed by atoms with E-state index in [0.717, 1.165) is 0 Å². The van der Waals surface area contributed by atoms with E-state index in [2.05, 4.69) is 41.4 Å². The first kappa shape index (κ1) is 10.3. The highest BCUT2D eigenvalue weighted by molar-refractivity contribution is 7.26. The molecule has 4 rings (SSSR count). The van der Waals surface area contributed by atoms with Crippen LogP contribution in [-0.4, -0.2) is 4.98 Å². The Morgan fingerprint density at radius 1 is 0.944 bits per heavy atom. The van der Waals surface area contributed by atoms with E-state index in [4.69, 9.17) is 11.6 Å². The van der Waals surface area contributed by atoms with Gasteiger partial charge in [0.15, 0.2) is 0 Å². The zero-order valence-electron chi connectivity index (χ0n) is 9.35. The minimum absolute atomic E-state index is 0.551. The van der Waals surface area contributed by atoms with E-state index < -0.39 is 0 Å². The highest BCUT2D eigenvalue weighted by Crippen LogP contribution is 2.38. The molecule has 0 saturated carbocycles. The number of thiophene rings is 1. The summed E-state index contributed by atoms with van der Waals surface area (Å²) in [5, 5.41) is 5.58. The Bertz CT molecular complexity index is 895. The molecule has 0 aliphatic rings. The Labute approximate surface area is 113 Å². The first-order valence-electron chi connectivity index (χ1n) is 5.68. The summed E-state index contributed by atoms with van der Waals surface area (Å²) < 4.78 is 2.47. The van der Waals surface area contributed by atoms with Gasteiger partial charge in [0, 0.05) is 21.7 Å². The smallest absolute Gasteiger partial charge is 0.129 e. The number of pyridine rings is 1. The molecule has 0 aliphatic heterocycles. The minimum atomic E-state index is 0.551. The lowest BCUT2D eigenvalue weighted by molar-refractivity contribution is 1.37. The molecule has 0 atom stereocenters. The van der Waals surface area contributed by atoms with Crippen molar-refractivity contribution >= 4 is 53.9 Å². The SMILES string of the molecule is Clc1cc2c(cn1)sc1ccc3ccccc3c12. The second-order valence-electron chi connectivity index (χ2n) is 4.27. The van der Waals surface area contributed by atoms with Crippen molar-refractivity contribution in [2.24, 2.45) is 0 Å². The average Bonchev–Trinajstić information content (AvgIpc) is 2.77. The highest BCUT2D eigenvalue weighted by Gasteiger charge is 2.09. The summed E-state index contributed by atoms with van der Waals surface area (Å²) in [5.74, 6) is 0. The second kappa shape index (κ2) is 3.67. The molecule has 3 heteroatoms. The van der Waals surface area contributed by atoms with Gasteiger partial charge in [-0.05, 0) is 22.9 Å². The number of aromatic nitrogens is 1. The van der Waals surface area contributed by atoms with Crippen molar-refractivity contribution in [3.05, 3.63) is 53.8 Å². The van der Waals surface area contributed by atoms with Crippen LogP contribution in [0.15, 0.2) is 48.7 Å². The van der Waals surface area contributed by atoms with E-state index in [0.29, 0.717) is 5.15 Å². The Morgan fingerprint density at radius 3 is 2.78 bits per heavy atom. The van der Waals surface area contributed by atoms with E-state index in [1.807, 2.05) is 12.3 Å². The van der Waals surface area contributed by atoms with E-state index in [9.17, 15) is 0 Å². The van der Waals surface area contributed by atoms with Crippen LogP contribution in [0.1, 0.15) is 0 Å². The van der Waals surface area contributed by atoms with Crippen molar-refractivity contribution in [1.29, 1.82) is 0 Å². The number of hydrogen-bond donors (Lipinski definition) is 0. The van der Waals surface area contributed by atoms with Gasteiger partial charge in [-0.2, -0.15) is 0 Å². The third kappa shape index (κ3) is 1.36. The van der Waals surface area contributed by atoms with Crippen LogP contribution in [0.25, 0.3) is 30.9 Å². The Hall–Kier alpha value is -1.64. The molecule has 86 valence electrons. The quantitative estimate of drug-likeness (QED) is 0.397. The van der Waals surface area contributed by atoms with Crippen LogP contribution in [0.3, 0.4) is 0 Å². The monoisotopic (exact) mass is 269 g/mol. The Kier molecular flexibility index (Phi) is 2.10. The van der Waals surface area contributed by atoms with Gasteiger partial charge in [-0.15, -0.1) is 11.3 Å². The van der Waals surface area contributed by atoms with Gasteiger partial charge in [0.1, 0.15) is 5.15 Å². The molecule has 0 fully saturated rings. The summed E-state index contributed by atoms with van der Waals surface area (Å²) >= 11 is 7.78. The highest BCUT2D eigenvalue weighted by atomic mass is 35.5. The number of hydrogen-bond acceptors (Lipinski definition) is 2. The predicted octanol–water partition coefficient (Wildman–Crippen LogP) is 5.26. The summed E-state index contributed by atoms with van der Waals surface area (Å²) in [6, 6.07) is 14.8. The standard InChI is InChI=1S/C15H8ClNS/c16-14-7-11-13(8-17-14)18-12-6-5-9-3-1-2-4-10(9)15(11)12/h1-8H. The first-order chi connectivity index (χ1) is 8.83. The van der Waals surface area contributed by atoms with Gasteiger partial charge in [0.2, 0.25) is 0 Å². The molecule has 2 aromatic carbocycles. The van der Waals surface area contributed by atoms with Gasteiger partial charge in [0.05, 0.1) is 4.70 Å². The van der Waals surface area contributed by atoms with Crippen LogP contribution in [0.5, 0.6) is 0 Å². The van der Waals surface area contributed by atoms with Crippen molar-refractivity contribution in [2.45, 2.75) is 0 Å². The Balaban J connectivity index is 2.35. The lowest BCUT2D eigenvalue weighted by Gasteiger charge is -1.99. The van der Waals surface area contributed by atoms with Gasteiger partial charge >= 0.3 is 0 Å². The average molecular weight is 270 g/mol. The maximum absolute atomic E-state index is 6.02. The number of benzene rings is 2. The molecule has 0 radical (unpaired) electrons. The first-order valence-corrected chi connectivity index (χ1v) is 6.88. The molecule has 0 aliphatic carbocycles. The molecule has 2 aromatic heterocycles. The van der Waals surface area contributed by atoms with Crippen LogP contribution in [0.2, 0.25) is 5.15 Å². The van der Waals surface area contributed by atoms with Crippen LogP contribution >= 0.6 is 22.9 Å². The summed E-state index contributed by atoms with van der Waals surface area (Å²) in [5.41, 5.74) is 0. The van der Waals surface area contributed by atoms with Crippen molar-refractivity contribution in [3.63, 3.8) is 0 Å². The van der Waals surface area contributed by atoms with E-state index >= 15 is 0 Å². The van der Waals surface area contributed by atoms with Gasteiger partial charge in [-0.3, -0.25) is 0 Å². The summed E-state index contributed by atoms with van der Waals surface area (Å²) in [4.78, 5) is 4.16. The lowest BCUT2D eigenvalue weighted by Crippen LogP contribution is -1.75. The summed E-state index contributed by atoms with van der Waals surface area (Å²) in [6.45, 7) is 0. The third-order valence-corrected chi connectivity index (χ3v) is 4.53. The fraction of sp³-hybridized carbons (Fsp3) is 0. The maximum atomic E-state index is 6.02. The van der Waals surface area contributed by atoms with Gasteiger partial charge < -0.3 is 0 Å². The van der Waals surface area contributed by atoms with Crippen molar-refractivity contribution < 1.29 is 0 Å². The molecule has 0 bridgehead atoms. The molecule has 0 spiro atoms. The van der Waals surface area contributed by atoms with Crippen LogP contribution in [0, 0.1) is 0 Å². The molecule has 18 heavy (non-hydrogen) atoms. The second-order valence-corrected chi connectivity index (χ2v) is 5.74. The van der Waals surface area contributed by atoms with E-state index in [1.54, 1.807) is 11.3 Å². The van der Waals surface area contributed by atoms with E-state index in [-0.39, 0.29) is 0 Å². The van der Waals surface area contributed by atoms with Crippen LogP contribution < -0.4 is 0 Å². The molecular weight excluding hydrogens is 262 g/mol. The zero-order chi connectivity index (χ0) is 12.1. The van der Waals surface area contributed by atoms with Crippen LogP contribution in [0.4, 0.5) is 0 Å². The minimum Gasteiger partial charge on any atom is -0.243 e. The topological polar surface area (TPSA) is 12.9 Å². The fourth-order valence-electron chi connectivity index (χ4n) is 2.43. The molecule has 0 N–H and O–H groups in total. The van der Waals surface area contributed by atoms with Gasteiger partial charge in [-0.1, -0.05) is 41.9 Å². The number of halogens is 1. The lowest BCUT2D eigenvalue weighted by atomic mass is 10.0. The van der Waals surface area contributed by atoms with Crippen molar-refractivity contribution in [1.82, 2.24) is 4.98 Å². The van der Waals surface area contributed by atoms with Crippen molar-refractivity contribution in [2.75, 3.05) is 0 Å². The molecule has 0 unspecified atom stereocenters. The molecule has 2 heterocycles. The fourth-order valence-corrected chi connectivity index (χ4v) is 3.66. The summed E-state index contributed by atoms with van der Waals surface area (Å²) in [7, 11) is 0. The predicted molar refractivity (Wildman–Crippen MR) is 79.6 cm³/mol. The maximum Gasteiger partial charge on any atom is 0.129 e. The van der Waals surface area contributed by atoms with Crippen LogP contribution in [-0.2, 0) is 0 Å². The number of rotatable bonds is 0. The molecule has 1 nitrogen and oxygen atoms in total. The third-order valence-electron chi connectivity index (χ3n) is 3.21. The molecule has 4 aromatic rings. The zero-order valence-corrected chi connectivity index (χ0v) is 10.9. The number of nitrogens with zero attached hydrogens (tertiary/aromatic N) is 1. The van der Waals surface area contributed by atoms with Gasteiger partial charge in [-0.25, -0.2) is 4.98 Å². The van der Waals surface area contributed by atoms with E-state index in [1.165, 1.54) is 30.9 Å². The molecule has 0 amide bonds. The van der Waals surface area contributed by atoms with Crippen molar-refractivity contribution in [3.8, 4) is 0 Å². The normalized spacial score (nSPS) is 11.6. The largest absolute Gasteiger partial charge is 0.243 e. The summed E-state index contributed by atoms with van der Waals surface area (Å²) in [6.07, 6.45) is 1.86. The van der Waals surface area contributed by atoms with Gasteiger partial charge in [0.25, 0.3) is 0 Å². The molecular formula is C15H8ClNS. The Morgan fingerprint density at radius 2 is 1.83 bits per heavy atom. The molecule has 0 saturated heterocycles.